The van der Waals surface area contributed by atoms with E-state index < -0.39 is 0 Å². The molecular weight excluding hydrogens is 214 g/mol. The first-order valence-electron chi connectivity index (χ1n) is 5.98. The number of esters is 1. The van der Waals surface area contributed by atoms with Crippen molar-refractivity contribution in [2.45, 2.75) is 32.7 Å². The van der Waals surface area contributed by atoms with Crippen molar-refractivity contribution < 1.29 is 9.53 Å². The lowest BCUT2D eigenvalue weighted by molar-refractivity contribution is 0.0600. The largest absolute Gasteiger partial charge is 0.465 e. The van der Waals surface area contributed by atoms with Gasteiger partial charge in [0, 0.05) is 6.04 Å². The number of nitrogens with two attached hydrogens (primary N) is 1. The predicted molar refractivity (Wildman–Crippen MR) is 68.8 cm³/mol. The fraction of sp³-hybridized carbons (Fsp3) is 0.500. The molecule has 2 N–H and O–H groups in total. The van der Waals surface area contributed by atoms with Crippen molar-refractivity contribution in [2.24, 2.45) is 11.7 Å². The molecule has 0 radical (unpaired) electrons. The molecule has 0 unspecified atom stereocenters. The minimum atomic E-state index is -0.317. The number of benzene rings is 1. The SMILES string of the molecule is COC(=O)c1cccc([C@H](N)CCC(C)C)c1. The average molecular weight is 235 g/mol. The van der Waals surface area contributed by atoms with Gasteiger partial charge < -0.3 is 10.5 Å². The van der Waals surface area contributed by atoms with Gasteiger partial charge in [-0.25, -0.2) is 4.79 Å². The Hall–Kier alpha value is -1.35. The highest BCUT2D eigenvalue weighted by Crippen LogP contribution is 2.19. The van der Waals surface area contributed by atoms with Crippen molar-refractivity contribution in [3.05, 3.63) is 35.4 Å². The lowest BCUT2D eigenvalue weighted by Crippen LogP contribution is -2.12. The number of hydrogen-bond acceptors (Lipinski definition) is 3. The Balaban J connectivity index is 2.73. The molecule has 3 heteroatoms. The van der Waals surface area contributed by atoms with Crippen molar-refractivity contribution in [1.82, 2.24) is 0 Å². The fourth-order valence-electron chi connectivity index (χ4n) is 1.69. The molecule has 1 rings (SSSR count). The number of methoxy groups -OCH3 is 1. The first kappa shape index (κ1) is 13.7. The predicted octanol–water partition coefficient (Wildman–Crippen LogP) is 2.91. The monoisotopic (exact) mass is 235 g/mol. The minimum Gasteiger partial charge on any atom is -0.465 e. The second-order valence-electron chi connectivity index (χ2n) is 4.69. The number of rotatable bonds is 5. The molecule has 1 atom stereocenters. The number of hydrogen-bond donors (Lipinski definition) is 1. The van der Waals surface area contributed by atoms with Crippen LogP contribution in [0.2, 0.25) is 0 Å². The molecule has 1 aromatic carbocycles. The van der Waals surface area contributed by atoms with Gasteiger partial charge in [-0.3, -0.25) is 0 Å². The molecule has 0 spiro atoms. The summed E-state index contributed by atoms with van der Waals surface area (Å²) < 4.78 is 4.69. The quantitative estimate of drug-likeness (QED) is 0.798. The molecule has 1 aromatic rings. The summed E-state index contributed by atoms with van der Waals surface area (Å²) in [6.07, 6.45) is 2.02. The Bertz CT molecular complexity index is 374. The normalized spacial score (nSPS) is 12.5. The van der Waals surface area contributed by atoms with Gasteiger partial charge in [0.15, 0.2) is 0 Å². The average Bonchev–Trinajstić information content (AvgIpc) is 2.35. The number of carbonyl (C=O) groups excluding carboxylic acids is 1. The van der Waals surface area contributed by atoms with E-state index in [0.717, 1.165) is 18.4 Å². The van der Waals surface area contributed by atoms with E-state index in [9.17, 15) is 4.79 Å². The maximum absolute atomic E-state index is 11.4. The van der Waals surface area contributed by atoms with E-state index in [4.69, 9.17) is 5.73 Å². The summed E-state index contributed by atoms with van der Waals surface area (Å²) in [5.74, 6) is 0.327. The summed E-state index contributed by atoms with van der Waals surface area (Å²) in [5.41, 5.74) is 7.66. The van der Waals surface area contributed by atoms with Crippen molar-refractivity contribution in [3.63, 3.8) is 0 Å². The van der Waals surface area contributed by atoms with Crippen LogP contribution in [0, 0.1) is 5.92 Å². The number of ether oxygens (including phenoxy) is 1. The molecule has 0 amide bonds. The van der Waals surface area contributed by atoms with Crippen LogP contribution in [0.4, 0.5) is 0 Å². The Morgan fingerprint density at radius 2 is 2.06 bits per heavy atom. The van der Waals surface area contributed by atoms with Crippen LogP contribution in [0.3, 0.4) is 0 Å². The highest BCUT2D eigenvalue weighted by atomic mass is 16.5. The van der Waals surface area contributed by atoms with E-state index in [0.29, 0.717) is 11.5 Å². The minimum absolute atomic E-state index is 0.0120. The van der Waals surface area contributed by atoms with Gasteiger partial charge in [0.25, 0.3) is 0 Å². The van der Waals surface area contributed by atoms with Gasteiger partial charge in [0.1, 0.15) is 0 Å². The first-order valence-corrected chi connectivity index (χ1v) is 5.98. The smallest absolute Gasteiger partial charge is 0.337 e. The van der Waals surface area contributed by atoms with Crippen molar-refractivity contribution in [1.29, 1.82) is 0 Å². The summed E-state index contributed by atoms with van der Waals surface area (Å²) in [4.78, 5) is 11.4. The molecule has 0 bridgehead atoms. The maximum atomic E-state index is 11.4. The highest BCUT2D eigenvalue weighted by molar-refractivity contribution is 5.89. The summed E-state index contributed by atoms with van der Waals surface area (Å²) in [6, 6.07) is 7.34. The molecule has 0 aliphatic carbocycles. The fourth-order valence-corrected chi connectivity index (χ4v) is 1.69. The second kappa shape index (κ2) is 6.40. The van der Waals surface area contributed by atoms with Crippen LogP contribution < -0.4 is 5.73 Å². The summed E-state index contributed by atoms with van der Waals surface area (Å²) in [5, 5.41) is 0. The highest BCUT2D eigenvalue weighted by Gasteiger charge is 2.10. The lowest BCUT2D eigenvalue weighted by Gasteiger charge is -2.14. The van der Waals surface area contributed by atoms with Crippen LogP contribution in [0.15, 0.2) is 24.3 Å². The van der Waals surface area contributed by atoms with Crippen molar-refractivity contribution in [2.75, 3.05) is 7.11 Å². The third kappa shape index (κ3) is 4.19. The molecule has 17 heavy (non-hydrogen) atoms. The Labute approximate surface area is 103 Å². The molecular formula is C14H21NO2. The van der Waals surface area contributed by atoms with Crippen LogP contribution in [-0.2, 0) is 4.74 Å². The Morgan fingerprint density at radius 3 is 2.65 bits per heavy atom. The second-order valence-corrected chi connectivity index (χ2v) is 4.69. The Morgan fingerprint density at radius 1 is 1.35 bits per heavy atom. The molecule has 0 fully saturated rings. The third-order valence-corrected chi connectivity index (χ3v) is 2.79. The van der Waals surface area contributed by atoms with Crippen molar-refractivity contribution in [3.8, 4) is 0 Å². The van der Waals surface area contributed by atoms with Gasteiger partial charge in [-0.15, -0.1) is 0 Å². The first-order chi connectivity index (χ1) is 8.04. The van der Waals surface area contributed by atoms with Crippen LogP contribution >= 0.6 is 0 Å². The zero-order chi connectivity index (χ0) is 12.8. The van der Waals surface area contributed by atoms with Crippen LogP contribution in [-0.4, -0.2) is 13.1 Å². The van der Waals surface area contributed by atoms with Crippen molar-refractivity contribution >= 4 is 5.97 Å². The van der Waals surface area contributed by atoms with Gasteiger partial charge in [0.05, 0.1) is 12.7 Å². The topological polar surface area (TPSA) is 52.3 Å². The van der Waals surface area contributed by atoms with E-state index in [2.05, 4.69) is 18.6 Å². The molecule has 0 aromatic heterocycles. The lowest BCUT2D eigenvalue weighted by atomic mass is 9.97. The summed E-state index contributed by atoms with van der Waals surface area (Å²) >= 11 is 0. The molecule has 0 saturated carbocycles. The van der Waals surface area contributed by atoms with E-state index >= 15 is 0 Å². The van der Waals surface area contributed by atoms with E-state index in [1.807, 2.05) is 18.2 Å². The molecule has 0 aliphatic heterocycles. The van der Waals surface area contributed by atoms with E-state index in [1.165, 1.54) is 7.11 Å². The van der Waals surface area contributed by atoms with Crippen LogP contribution in [0.1, 0.15) is 48.7 Å². The molecule has 94 valence electrons. The van der Waals surface area contributed by atoms with Gasteiger partial charge in [0.2, 0.25) is 0 Å². The molecule has 3 nitrogen and oxygen atoms in total. The van der Waals surface area contributed by atoms with Gasteiger partial charge in [-0.05, 0) is 36.5 Å². The summed E-state index contributed by atoms with van der Waals surface area (Å²) in [6.45, 7) is 4.36. The van der Waals surface area contributed by atoms with E-state index in [1.54, 1.807) is 6.07 Å². The molecule has 0 aliphatic rings. The van der Waals surface area contributed by atoms with Crippen LogP contribution in [0.25, 0.3) is 0 Å². The van der Waals surface area contributed by atoms with E-state index in [-0.39, 0.29) is 12.0 Å². The standard InChI is InChI=1S/C14H21NO2/c1-10(2)7-8-13(15)11-5-4-6-12(9-11)14(16)17-3/h4-6,9-10,13H,7-8,15H2,1-3H3/t13-/m1/s1. The van der Waals surface area contributed by atoms with Gasteiger partial charge in [-0.2, -0.15) is 0 Å². The zero-order valence-electron chi connectivity index (χ0n) is 10.8. The van der Waals surface area contributed by atoms with Gasteiger partial charge in [-0.1, -0.05) is 26.0 Å². The zero-order valence-corrected chi connectivity index (χ0v) is 10.8. The van der Waals surface area contributed by atoms with Gasteiger partial charge >= 0.3 is 5.97 Å². The van der Waals surface area contributed by atoms with Crippen LogP contribution in [0.5, 0.6) is 0 Å². The Kier molecular flexibility index (Phi) is 5.16. The third-order valence-electron chi connectivity index (χ3n) is 2.79. The maximum Gasteiger partial charge on any atom is 0.337 e. The molecule has 0 saturated heterocycles. The summed E-state index contributed by atoms with van der Waals surface area (Å²) in [7, 11) is 1.38. The number of carbonyl (C=O) groups is 1. The molecule has 0 heterocycles.